The third-order valence-electron chi connectivity index (χ3n) is 4.27. The van der Waals surface area contributed by atoms with Crippen LogP contribution in [-0.2, 0) is 14.8 Å². The number of hydrogen-bond donors (Lipinski definition) is 1. The van der Waals surface area contributed by atoms with Crippen LogP contribution in [0.1, 0.15) is 31.7 Å². The van der Waals surface area contributed by atoms with Gasteiger partial charge in [-0.3, -0.25) is 4.79 Å². The molecule has 0 spiro atoms. The van der Waals surface area contributed by atoms with Crippen molar-refractivity contribution in [1.29, 1.82) is 0 Å². The number of hydrogen-bond acceptors (Lipinski definition) is 4. The van der Waals surface area contributed by atoms with E-state index in [0.29, 0.717) is 26.1 Å². The van der Waals surface area contributed by atoms with E-state index in [1.54, 1.807) is 0 Å². The highest BCUT2D eigenvalue weighted by Gasteiger charge is 2.31. The fourth-order valence-electron chi connectivity index (χ4n) is 2.99. The summed E-state index contributed by atoms with van der Waals surface area (Å²) in [6.07, 6.45) is 2.04. The Morgan fingerprint density at radius 1 is 1.40 bits per heavy atom. The molecular formula is C18H28N2O4S. The lowest BCUT2D eigenvalue weighted by Crippen LogP contribution is -2.46. The van der Waals surface area contributed by atoms with Crippen molar-refractivity contribution in [2.24, 2.45) is 5.92 Å². The third kappa shape index (κ3) is 6.01. The summed E-state index contributed by atoms with van der Waals surface area (Å²) in [5, 5.41) is 2.86. The number of piperidine rings is 1. The second-order valence-electron chi connectivity index (χ2n) is 6.47. The lowest BCUT2D eigenvalue weighted by atomic mass is 9.99. The summed E-state index contributed by atoms with van der Waals surface area (Å²) in [5.74, 6) is 0.554. The van der Waals surface area contributed by atoms with Crippen LogP contribution in [0.4, 0.5) is 0 Å². The van der Waals surface area contributed by atoms with Gasteiger partial charge in [-0.15, -0.1) is 0 Å². The molecule has 2 rings (SSSR count). The van der Waals surface area contributed by atoms with E-state index in [2.05, 4.69) is 5.32 Å². The number of sulfonamides is 1. The molecule has 1 aromatic carbocycles. The highest BCUT2D eigenvalue weighted by Crippen LogP contribution is 2.20. The lowest BCUT2D eigenvalue weighted by Gasteiger charge is -2.31. The van der Waals surface area contributed by atoms with Crippen LogP contribution >= 0.6 is 0 Å². The molecule has 6 nitrogen and oxygen atoms in total. The number of amides is 1. The Morgan fingerprint density at radius 2 is 2.20 bits per heavy atom. The van der Waals surface area contributed by atoms with Crippen LogP contribution in [0.15, 0.2) is 24.3 Å². The van der Waals surface area contributed by atoms with E-state index in [0.717, 1.165) is 24.2 Å². The van der Waals surface area contributed by atoms with E-state index in [9.17, 15) is 13.2 Å². The van der Waals surface area contributed by atoms with Crippen molar-refractivity contribution >= 4 is 15.9 Å². The van der Waals surface area contributed by atoms with E-state index < -0.39 is 10.0 Å². The van der Waals surface area contributed by atoms with Crippen molar-refractivity contribution in [1.82, 2.24) is 9.62 Å². The van der Waals surface area contributed by atoms with Crippen molar-refractivity contribution in [2.45, 2.75) is 33.1 Å². The predicted molar refractivity (Wildman–Crippen MR) is 98.1 cm³/mol. The molecule has 0 aromatic heterocycles. The minimum Gasteiger partial charge on any atom is -0.492 e. The maximum atomic E-state index is 12.3. The van der Waals surface area contributed by atoms with Gasteiger partial charge in [-0.1, -0.05) is 19.1 Å². The van der Waals surface area contributed by atoms with E-state index in [4.69, 9.17) is 4.74 Å². The molecule has 1 aliphatic heterocycles. The standard InChI is InChI=1S/C18H28N2O4S/c1-3-12-25(22,23)20-10-5-7-16(14-20)18(21)19-9-11-24-17-8-4-6-15(2)13-17/h4,6,8,13,16H,3,5,7,9-12,14H2,1-2H3,(H,19,21)/t16-/m1/s1. The predicted octanol–water partition coefficient (Wildman–Crippen LogP) is 1.94. The molecule has 0 unspecified atom stereocenters. The van der Waals surface area contributed by atoms with E-state index in [1.165, 1.54) is 4.31 Å². The second-order valence-corrected chi connectivity index (χ2v) is 8.56. The van der Waals surface area contributed by atoms with Gasteiger partial charge in [-0.2, -0.15) is 0 Å². The average molecular weight is 368 g/mol. The number of ether oxygens (including phenoxy) is 1. The van der Waals surface area contributed by atoms with Crippen LogP contribution < -0.4 is 10.1 Å². The van der Waals surface area contributed by atoms with E-state index in [1.807, 2.05) is 38.1 Å². The van der Waals surface area contributed by atoms with Gasteiger partial charge < -0.3 is 10.1 Å². The number of carbonyl (C=O) groups is 1. The van der Waals surface area contributed by atoms with E-state index >= 15 is 0 Å². The van der Waals surface area contributed by atoms with Crippen molar-refractivity contribution in [2.75, 3.05) is 32.0 Å². The van der Waals surface area contributed by atoms with Gasteiger partial charge in [0.2, 0.25) is 15.9 Å². The molecule has 0 bridgehead atoms. The Hall–Kier alpha value is -1.60. The quantitative estimate of drug-likeness (QED) is 0.712. The maximum absolute atomic E-state index is 12.3. The molecule has 1 aromatic rings. The number of rotatable bonds is 8. The molecular weight excluding hydrogens is 340 g/mol. The van der Waals surface area contributed by atoms with Gasteiger partial charge in [-0.05, 0) is 43.9 Å². The summed E-state index contributed by atoms with van der Waals surface area (Å²) in [5.41, 5.74) is 1.12. The zero-order valence-electron chi connectivity index (χ0n) is 15.0. The van der Waals surface area contributed by atoms with Crippen LogP contribution in [0.3, 0.4) is 0 Å². The van der Waals surface area contributed by atoms with Gasteiger partial charge >= 0.3 is 0 Å². The maximum Gasteiger partial charge on any atom is 0.224 e. The summed E-state index contributed by atoms with van der Waals surface area (Å²) in [6.45, 7) is 5.44. The first-order valence-corrected chi connectivity index (χ1v) is 10.5. The van der Waals surface area contributed by atoms with Crippen LogP contribution in [0.2, 0.25) is 0 Å². The van der Waals surface area contributed by atoms with Crippen molar-refractivity contribution in [3.63, 3.8) is 0 Å². The molecule has 1 N–H and O–H groups in total. The summed E-state index contributed by atoms with van der Waals surface area (Å²) in [6, 6.07) is 7.75. The largest absolute Gasteiger partial charge is 0.492 e. The zero-order chi connectivity index (χ0) is 18.3. The monoisotopic (exact) mass is 368 g/mol. The van der Waals surface area contributed by atoms with Crippen LogP contribution in [-0.4, -0.2) is 50.6 Å². The van der Waals surface area contributed by atoms with Crippen molar-refractivity contribution in [3.05, 3.63) is 29.8 Å². The molecule has 0 radical (unpaired) electrons. The van der Waals surface area contributed by atoms with Crippen LogP contribution in [0.25, 0.3) is 0 Å². The normalized spacial score (nSPS) is 18.7. The molecule has 0 saturated carbocycles. The summed E-state index contributed by atoms with van der Waals surface area (Å²) in [7, 11) is -3.24. The number of carbonyl (C=O) groups excluding carboxylic acids is 1. The van der Waals surface area contributed by atoms with Crippen LogP contribution in [0.5, 0.6) is 5.75 Å². The summed E-state index contributed by atoms with van der Waals surface area (Å²) in [4.78, 5) is 12.3. The molecule has 1 atom stereocenters. The highest BCUT2D eigenvalue weighted by atomic mass is 32.2. The van der Waals surface area contributed by atoms with Gasteiger partial charge in [0, 0.05) is 13.1 Å². The fourth-order valence-corrected chi connectivity index (χ4v) is 4.58. The first-order chi connectivity index (χ1) is 11.9. The van der Waals surface area contributed by atoms with Gasteiger partial charge in [-0.25, -0.2) is 12.7 Å². The molecule has 25 heavy (non-hydrogen) atoms. The number of nitrogens with zero attached hydrogens (tertiary/aromatic N) is 1. The minimum atomic E-state index is -3.24. The molecule has 1 amide bonds. The second kappa shape index (κ2) is 9.20. The van der Waals surface area contributed by atoms with Crippen LogP contribution in [0, 0.1) is 12.8 Å². The number of aryl methyl sites for hydroxylation is 1. The minimum absolute atomic E-state index is 0.0933. The average Bonchev–Trinajstić information content (AvgIpc) is 2.59. The van der Waals surface area contributed by atoms with Gasteiger partial charge in [0.05, 0.1) is 18.2 Å². The topological polar surface area (TPSA) is 75.7 Å². The van der Waals surface area contributed by atoms with E-state index in [-0.39, 0.29) is 24.1 Å². The summed E-state index contributed by atoms with van der Waals surface area (Å²) < 4.78 is 31.4. The van der Waals surface area contributed by atoms with Crippen molar-refractivity contribution < 1.29 is 17.9 Å². The van der Waals surface area contributed by atoms with Gasteiger partial charge in [0.15, 0.2) is 0 Å². The van der Waals surface area contributed by atoms with Gasteiger partial charge in [0.25, 0.3) is 0 Å². The molecule has 1 fully saturated rings. The molecule has 140 valence electrons. The number of benzene rings is 1. The first-order valence-electron chi connectivity index (χ1n) is 8.87. The van der Waals surface area contributed by atoms with Crippen molar-refractivity contribution in [3.8, 4) is 5.75 Å². The van der Waals surface area contributed by atoms with Gasteiger partial charge in [0.1, 0.15) is 12.4 Å². The SMILES string of the molecule is CCCS(=O)(=O)N1CCC[C@@H](C(=O)NCCOc2cccc(C)c2)C1. The smallest absolute Gasteiger partial charge is 0.224 e. The third-order valence-corrected chi connectivity index (χ3v) is 6.31. The zero-order valence-corrected chi connectivity index (χ0v) is 15.8. The Kier molecular flexibility index (Phi) is 7.25. The Bertz CT molecular complexity index is 675. The molecule has 1 heterocycles. The molecule has 1 saturated heterocycles. The Morgan fingerprint density at radius 3 is 2.92 bits per heavy atom. The molecule has 0 aliphatic carbocycles. The lowest BCUT2D eigenvalue weighted by molar-refractivity contribution is -0.126. The first kappa shape index (κ1) is 19.7. The highest BCUT2D eigenvalue weighted by molar-refractivity contribution is 7.89. The fraction of sp³-hybridized carbons (Fsp3) is 0.611. The Balaban J connectivity index is 1.76. The molecule has 1 aliphatic rings. The Labute approximate surface area is 150 Å². The molecule has 7 heteroatoms. The number of nitrogens with one attached hydrogen (secondary N) is 1. The summed E-state index contributed by atoms with van der Waals surface area (Å²) >= 11 is 0.